The molecule has 2 unspecified atom stereocenters. The number of unbranched alkanes of at least 4 members (excludes halogenated alkanes) is 1. The molecule has 0 amide bonds. The van der Waals surface area contributed by atoms with E-state index in [9.17, 15) is 9.90 Å². The highest BCUT2D eigenvalue weighted by Gasteiger charge is 2.26. The molecular formula is C27H33N7O2. The number of benzene rings is 1. The summed E-state index contributed by atoms with van der Waals surface area (Å²) in [5.41, 5.74) is 4.55. The lowest BCUT2D eigenvalue weighted by Crippen LogP contribution is -2.33. The number of imidazole rings is 1. The summed E-state index contributed by atoms with van der Waals surface area (Å²) in [6, 6.07) is 11.7. The number of aliphatic hydroxyl groups is 1. The second-order valence-corrected chi connectivity index (χ2v) is 9.59. The highest BCUT2D eigenvalue weighted by Crippen LogP contribution is 2.30. The van der Waals surface area contributed by atoms with Crippen LogP contribution in [0.2, 0.25) is 0 Å². The van der Waals surface area contributed by atoms with Crippen molar-refractivity contribution in [2.45, 2.75) is 77.0 Å². The van der Waals surface area contributed by atoms with E-state index in [0.29, 0.717) is 12.4 Å². The van der Waals surface area contributed by atoms with Gasteiger partial charge in [-0.1, -0.05) is 62.9 Å². The van der Waals surface area contributed by atoms with Crippen LogP contribution < -0.4 is 5.69 Å². The van der Waals surface area contributed by atoms with Crippen molar-refractivity contribution in [1.29, 1.82) is 0 Å². The lowest BCUT2D eigenvalue weighted by atomic mass is 10.0. The smallest absolute Gasteiger partial charge is 0.329 e. The fourth-order valence-electron chi connectivity index (χ4n) is 5.15. The van der Waals surface area contributed by atoms with Gasteiger partial charge in [-0.05, 0) is 42.5 Å². The standard InChI is InChI=1S/C27H33N7O2/c1-2-3-9-21-18-34(24-12-5-4-6-13-25(24)35)27(36)33(21)17-20-15-14-19(16-28-20)22-10-7-8-11-23(22)26-29-31-32-30-26/h7-8,10-11,14-16,18,24-25,35H,2-6,9,12-13,17H2,1H3,(H,29,30,31,32). The molecule has 2 N–H and O–H groups in total. The van der Waals surface area contributed by atoms with E-state index < -0.39 is 6.10 Å². The molecule has 0 saturated heterocycles. The first-order valence-corrected chi connectivity index (χ1v) is 12.9. The number of hydrogen-bond acceptors (Lipinski definition) is 6. The van der Waals surface area contributed by atoms with E-state index in [1.54, 1.807) is 4.57 Å². The second kappa shape index (κ2) is 11.0. The normalized spacial score (nSPS) is 18.3. The fourth-order valence-corrected chi connectivity index (χ4v) is 5.15. The quantitative estimate of drug-likeness (QED) is 0.361. The van der Waals surface area contributed by atoms with E-state index >= 15 is 0 Å². The van der Waals surface area contributed by atoms with Gasteiger partial charge in [-0.15, -0.1) is 10.2 Å². The maximum atomic E-state index is 13.5. The molecule has 0 bridgehead atoms. The lowest BCUT2D eigenvalue weighted by molar-refractivity contribution is 0.103. The van der Waals surface area contributed by atoms with Crippen molar-refractivity contribution in [2.75, 3.05) is 0 Å². The Bertz CT molecular complexity index is 1330. The summed E-state index contributed by atoms with van der Waals surface area (Å²) in [6.45, 7) is 2.56. The van der Waals surface area contributed by atoms with Crippen molar-refractivity contribution >= 4 is 0 Å². The van der Waals surface area contributed by atoms with Crippen LogP contribution in [0, 0.1) is 0 Å². The third-order valence-electron chi connectivity index (χ3n) is 7.14. The SMILES string of the molecule is CCCCc1cn(C2CCCCCC2O)c(=O)n1Cc1ccc(-c2ccccc2-c2nn[nH]n2)cn1. The van der Waals surface area contributed by atoms with Crippen LogP contribution in [-0.4, -0.2) is 46.0 Å². The molecule has 0 radical (unpaired) electrons. The summed E-state index contributed by atoms with van der Waals surface area (Å²) in [7, 11) is 0. The molecule has 9 nitrogen and oxygen atoms in total. The summed E-state index contributed by atoms with van der Waals surface area (Å²) in [5, 5.41) is 25.1. The number of aromatic nitrogens is 7. The molecule has 1 aromatic carbocycles. The first-order chi connectivity index (χ1) is 17.7. The molecular weight excluding hydrogens is 454 g/mol. The number of tetrazole rings is 1. The van der Waals surface area contributed by atoms with Gasteiger partial charge in [0, 0.05) is 29.2 Å². The molecule has 5 rings (SSSR count). The van der Waals surface area contributed by atoms with Crippen molar-refractivity contribution < 1.29 is 5.11 Å². The summed E-state index contributed by atoms with van der Waals surface area (Å²) in [5.74, 6) is 0.531. The molecule has 3 aromatic heterocycles. The van der Waals surface area contributed by atoms with Crippen LogP contribution in [0.1, 0.15) is 69.3 Å². The number of rotatable bonds is 8. The summed E-state index contributed by atoms with van der Waals surface area (Å²) < 4.78 is 3.62. The summed E-state index contributed by atoms with van der Waals surface area (Å²) in [6.07, 6.45) is 11.0. The van der Waals surface area contributed by atoms with Crippen molar-refractivity contribution in [2.24, 2.45) is 0 Å². The second-order valence-electron chi connectivity index (χ2n) is 9.59. The molecule has 9 heteroatoms. The fraction of sp³-hybridized carbons (Fsp3) is 0.444. The number of aromatic amines is 1. The number of hydrogen-bond donors (Lipinski definition) is 2. The Morgan fingerprint density at radius 1 is 1.08 bits per heavy atom. The van der Waals surface area contributed by atoms with Gasteiger partial charge in [-0.25, -0.2) is 4.79 Å². The first-order valence-electron chi connectivity index (χ1n) is 12.9. The monoisotopic (exact) mass is 487 g/mol. The van der Waals surface area contributed by atoms with Crippen LogP contribution >= 0.6 is 0 Å². The molecule has 1 saturated carbocycles. The zero-order chi connectivity index (χ0) is 24.9. The van der Waals surface area contributed by atoms with Gasteiger partial charge in [-0.2, -0.15) is 5.21 Å². The number of nitrogens with zero attached hydrogens (tertiary/aromatic N) is 6. The van der Waals surface area contributed by atoms with Crippen molar-refractivity contribution in [1.82, 2.24) is 34.7 Å². The van der Waals surface area contributed by atoms with E-state index in [2.05, 4.69) is 27.5 Å². The van der Waals surface area contributed by atoms with Gasteiger partial charge < -0.3 is 5.11 Å². The van der Waals surface area contributed by atoms with Crippen LogP contribution in [-0.2, 0) is 13.0 Å². The molecule has 0 aliphatic heterocycles. The van der Waals surface area contributed by atoms with Crippen LogP contribution in [0.4, 0.5) is 0 Å². The third-order valence-corrected chi connectivity index (χ3v) is 7.14. The highest BCUT2D eigenvalue weighted by molar-refractivity contribution is 5.79. The zero-order valence-electron chi connectivity index (χ0n) is 20.7. The minimum atomic E-state index is -0.475. The minimum absolute atomic E-state index is 0.0552. The average molecular weight is 488 g/mol. The Labute approximate surface area is 210 Å². The molecule has 4 aromatic rings. The average Bonchev–Trinajstić information content (AvgIpc) is 3.48. The van der Waals surface area contributed by atoms with Gasteiger partial charge in [0.1, 0.15) is 0 Å². The number of pyridine rings is 1. The topological polar surface area (TPSA) is 115 Å². The van der Waals surface area contributed by atoms with Gasteiger partial charge in [0.15, 0.2) is 0 Å². The zero-order valence-corrected chi connectivity index (χ0v) is 20.7. The van der Waals surface area contributed by atoms with Crippen molar-refractivity contribution in [3.63, 3.8) is 0 Å². The molecule has 188 valence electrons. The molecule has 1 aliphatic rings. The third kappa shape index (κ3) is 5.02. The number of H-pyrrole nitrogens is 1. The van der Waals surface area contributed by atoms with Gasteiger partial charge in [0.25, 0.3) is 0 Å². The minimum Gasteiger partial charge on any atom is -0.391 e. The Morgan fingerprint density at radius 2 is 1.92 bits per heavy atom. The number of nitrogens with one attached hydrogen (secondary N) is 1. The molecule has 3 heterocycles. The van der Waals surface area contributed by atoms with E-state index in [1.165, 1.54) is 0 Å². The van der Waals surface area contributed by atoms with Gasteiger partial charge in [0.2, 0.25) is 5.82 Å². The first kappa shape index (κ1) is 24.1. The highest BCUT2D eigenvalue weighted by atomic mass is 16.3. The Kier molecular flexibility index (Phi) is 7.36. The van der Waals surface area contributed by atoms with Gasteiger partial charge in [0.05, 0.1) is 24.4 Å². The Balaban J connectivity index is 1.43. The molecule has 1 fully saturated rings. The maximum absolute atomic E-state index is 13.5. The molecule has 1 aliphatic carbocycles. The number of aliphatic hydroxyl groups excluding tert-OH is 1. The lowest BCUT2D eigenvalue weighted by Gasteiger charge is -2.20. The summed E-state index contributed by atoms with van der Waals surface area (Å²) in [4.78, 5) is 18.2. The Hall–Kier alpha value is -3.59. The van der Waals surface area contributed by atoms with Crippen LogP contribution in [0.25, 0.3) is 22.5 Å². The molecule has 0 spiro atoms. The summed E-state index contributed by atoms with van der Waals surface area (Å²) >= 11 is 0. The van der Waals surface area contributed by atoms with Crippen LogP contribution in [0.5, 0.6) is 0 Å². The van der Waals surface area contributed by atoms with E-state index in [4.69, 9.17) is 4.98 Å². The largest absolute Gasteiger partial charge is 0.391 e. The van der Waals surface area contributed by atoms with Gasteiger partial charge >= 0.3 is 5.69 Å². The number of aryl methyl sites for hydroxylation is 1. The van der Waals surface area contributed by atoms with Crippen molar-refractivity contribution in [3.8, 4) is 22.5 Å². The van der Waals surface area contributed by atoms with E-state index in [1.807, 2.05) is 53.4 Å². The van der Waals surface area contributed by atoms with E-state index in [-0.39, 0.29) is 11.7 Å². The Morgan fingerprint density at radius 3 is 2.67 bits per heavy atom. The van der Waals surface area contributed by atoms with Gasteiger partial charge in [-0.3, -0.25) is 14.1 Å². The predicted octanol–water partition coefficient (Wildman–Crippen LogP) is 4.15. The van der Waals surface area contributed by atoms with E-state index in [0.717, 1.165) is 79.4 Å². The van der Waals surface area contributed by atoms with Crippen LogP contribution in [0.15, 0.2) is 53.6 Å². The van der Waals surface area contributed by atoms with Crippen molar-refractivity contribution in [3.05, 3.63) is 70.7 Å². The predicted molar refractivity (Wildman–Crippen MR) is 137 cm³/mol. The molecule has 2 atom stereocenters. The van der Waals surface area contributed by atoms with Crippen LogP contribution in [0.3, 0.4) is 0 Å². The maximum Gasteiger partial charge on any atom is 0.329 e. The molecule has 36 heavy (non-hydrogen) atoms.